The van der Waals surface area contributed by atoms with E-state index in [1.807, 2.05) is 0 Å². The minimum Gasteiger partial charge on any atom is -0.366 e. The van der Waals surface area contributed by atoms with Crippen LogP contribution >= 0.6 is 0 Å². The number of anilines is 1. The molecule has 1 aromatic rings. The molecule has 1 saturated carbocycles. The highest BCUT2D eigenvalue weighted by Crippen LogP contribution is 2.44. The van der Waals surface area contributed by atoms with Crippen molar-refractivity contribution in [2.45, 2.75) is 44.7 Å². The maximum atomic E-state index is 6.49. The van der Waals surface area contributed by atoms with Crippen molar-refractivity contribution in [3.8, 4) is 0 Å². The molecule has 2 nitrogen and oxygen atoms in total. The van der Waals surface area contributed by atoms with E-state index in [1.165, 1.54) is 30.5 Å². The van der Waals surface area contributed by atoms with Crippen LogP contribution < -0.4 is 10.6 Å². The van der Waals surface area contributed by atoms with Gasteiger partial charge in [0.05, 0.1) is 0 Å². The van der Waals surface area contributed by atoms with Crippen LogP contribution in [0.4, 0.5) is 5.69 Å². The summed E-state index contributed by atoms with van der Waals surface area (Å²) in [5.41, 5.74) is 9.47. The third-order valence-electron chi connectivity index (χ3n) is 4.31. The Morgan fingerprint density at radius 1 is 1.24 bits per heavy atom. The van der Waals surface area contributed by atoms with Crippen LogP contribution in [-0.2, 0) is 6.42 Å². The van der Waals surface area contributed by atoms with Crippen molar-refractivity contribution in [3.63, 3.8) is 0 Å². The van der Waals surface area contributed by atoms with E-state index in [9.17, 15) is 0 Å². The lowest BCUT2D eigenvalue weighted by molar-refractivity contribution is 0.378. The van der Waals surface area contributed by atoms with Gasteiger partial charge in [-0.2, -0.15) is 0 Å². The standard InChI is InChI=1S/C15H22N2/c1-11(2)14(15(16)8-9-15)17-10-7-12-5-3-4-6-13(12)17/h3-6,11,14H,7-10,16H2,1-2H3. The van der Waals surface area contributed by atoms with E-state index in [-0.39, 0.29) is 5.54 Å². The lowest BCUT2D eigenvalue weighted by Crippen LogP contribution is -2.52. The smallest absolute Gasteiger partial charge is 0.0492 e. The largest absolute Gasteiger partial charge is 0.366 e. The number of benzene rings is 1. The summed E-state index contributed by atoms with van der Waals surface area (Å²) < 4.78 is 0. The summed E-state index contributed by atoms with van der Waals surface area (Å²) in [6.07, 6.45) is 3.55. The van der Waals surface area contributed by atoms with Crippen LogP contribution in [0.3, 0.4) is 0 Å². The second kappa shape index (κ2) is 3.74. The Balaban J connectivity index is 1.94. The average Bonchev–Trinajstić information content (AvgIpc) is 2.89. The number of nitrogens with zero attached hydrogens (tertiary/aromatic N) is 1. The minimum atomic E-state index is 0.0750. The lowest BCUT2D eigenvalue weighted by atomic mass is 9.93. The fourth-order valence-corrected chi connectivity index (χ4v) is 3.43. The van der Waals surface area contributed by atoms with Crippen LogP contribution in [0.25, 0.3) is 0 Å². The Labute approximate surface area is 104 Å². The zero-order valence-electron chi connectivity index (χ0n) is 10.8. The molecule has 2 N–H and O–H groups in total. The molecule has 17 heavy (non-hydrogen) atoms. The van der Waals surface area contributed by atoms with Gasteiger partial charge in [-0.05, 0) is 36.8 Å². The number of fused-ring (bicyclic) bond motifs is 1. The fourth-order valence-electron chi connectivity index (χ4n) is 3.43. The summed E-state index contributed by atoms with van der Waals surface area (Å²) >= 11 is 0. The lowest BCUT2D eigenvalue weighted by Gasteiger charge is -2.38. The molecule has 1 atom stereocenters. The zero-order valence-corrected chi connectivity index (χ0v) is 10.8. The van der Waals surface area contributed by atoms with E-state index in [0.717, 1.165) is 6.54 Å². The molecule has 2 aliphatic rings. The number of nitrogens with two attached hydrogens (primary N) is 1. The van der Waals surface area contributed by atoms with Gasteiger partial charge in [-0.25, -0.2) is 0 Å². The van der Waals surface area contributed by atoms with Gasteiger partial charge in [0, 0.05) is 23.8 Å². The summed E-state index contributed by atoms with van der Waals surface area (Å²) in [5, 5.41) is 0. The Morgan fingerprint density at radius 2 is 1.94 bits per heavy atom. The highest BCUT2D eigenvalue weighted by molar-refractivity contribution is 5.59. The third kappa shape index (κ3) is 1.75. The molecule has 1 fully saturated rings. The Hall–Kier alpha value is -1.02. The summed E-state index contributed by atoms with van der Waals surface area (Å²) in [5.74, 6) is 0.619. The molecule has 92 valence electrons. The normalized spacial score (nSPS) is 22.7. The predicted molar refractivity (Wildman–Crippen MR) is 72.3 cm³/mol. The molecule has 1 aliphatic carbocycles. The quantitative estimate of drug-likeness (QED) is 0.864. The van der Waals surface area contributed by atoms with Gasteiger partial charge < -0.3 is 10.6 Å². The highest BCUT2D eigenvalue weighted by atomic mass is 15.2. The second-order valence-corrected chi connectivity index (χ2v) is 5.99. The number of para-hydroxylation sites is 1. The van der Waals surface area contributed by atoms with Crippen LogP contribution in [0.2, 0.25) is 0 Å². The second-order valence-electron chi connectivity index (χ2n) is 5.99. The van der Waals surface area contributed by atoms with Crippen molar-refractivity contribution in [2.24, 2.45) is 11.7 Å². The van der Waals surface area contributed by atoms with E-state index >= 15 is 0 Å². The van der Waals surface area contributed by atoms with Gasteiger partial charge in [0.15, 0.2) is 0 Å². The predicted octanol–water partition coefficient (Wildman–Crippen LogP) is 2.57. The number of hydrogen-bond donors (Lipinski definition) is 1. The molecule has 1 aliphatic heterocycles. The van der Waals surface area contributed by atoms with Crippen LogP contribution in [0, 0.1) is 5.92 Å². The Bertz CT molecular complexity index is 421. The number of hydrogen-bond acceptors (Lipinski definition) is 2. The molecule has 0 bridgehead atoms. The van der Waals surface area contributed by atoms with Gasteiger partial charge in [0.1, 0.15) is 0 Å². The summed E-state index contributed by atoms with van der Waals surface area (Å²) in [7, 11) is 0. The van der Waals surface area contributed by atoms with E-state index < -0.39 is 0 Å². The van der Waals surface area contributed by atoms with Crippen LogP contribution in [0.5, 0.6) is 0 Å². The molecule has 1 heterocycles. The van der Waals surface area contributed by atoms with Crippen molar-refractivity contribution in [3.05, 3.63) is 29.8 Å². The first kappa shape index (κ1) is 11.1. The third-order valence-corrected chi connectivity index (χ3v) is 4.31. The molecule has 1 aromatic carbocycles. The van der Waals surface area contributed by atoms with Crippen LogP contribution in [-0.4, -0.2) is 18.1 Å². The molecule has 2 heteroatoms. The first-order valence-electron chi connectivity index (χ1n) is 6.75. The molecule has 0 amide bonds. The van der Waals surface area contributed by atoms with Gasteiger partial charge in [-0.1, -0.05) is 32.0 Å². The maximum absolute atomic E-state index is 6.49. The van der Waals surface area contributed by atoms with Gasteiger partial charge in [0.25, 0.3) is 0 Å². The van der Waals surface area contributed by atoms with Crippen LogP contribution in [0.15, 0.2) is 24.3 Å². The highest BCUT2D eigenvalue weighted by Gasteiger charge is 2.50. The van der Waals surface area contributed by atoms with E-state index in [4.69, 9.17) is 5.73 Å². The summed E-state index contributed by atoms with van der Waals surface area (Å²) in [6.45, 7) is 5.75. The van der Waals surface area contributed by atoms with Crippen molar-refractivity contribution in [1.82, 2.24) is 0 Å². The SMILES string of the molecule is CC(C)C(N1CCc2ccccc21)C1(N)CC1. The maximum Gasteiger partial charge on any atom is 0.0492 e. The topological polar surface area (TPSA) is 29.3 Å². The summed E-state index contributed by atoms with van der Waals surface area (Å²) in [6, 6.07) is 9.30. The van der Waals surface area contributed by atoms with Crippen molar-refractivity contribution in [2.75, 3.05) is 11.4 Å². The molecular weight excluding hydrogens is 208 g/mol. The molecule has 1 unspecified atom stereocenters. The van der Waals surface area contributed by atoms with E-state index in [0.29, 0.717) is 12.0 Å². The first-order valence-corrected chi connectivity index (χ1v) is 6.75. The van der Waals surface area contributed by atoms with Gasteiger partial charge >= 0.3 is 0 Å². The molecule has 0 aromatic heterocycles. The fraction of sp³-hybridized carbons (Fsp3) is 0.600. The molecular formula is C15H22N2. The molecule has 0 spiro atoms. The molecule has 0 radical (unpaired) electrons. The summed E-state index contributed by atoms with van der Waals surface area (Å²) in [4.78, 5) is 2.56. The van der Waals surface area contributed by atoms with Gasteiger partial charge in [0.2, 0.25) is 0 Å². The first-order chi connectivity index (χ1) is 8.12. The van der Waals surface area contributed by atoms with Crippen molar-refractivity contribution >= 4 is 5.69 Å². The number of rotatable bonds is 3. The van der Waals surface area contributed by atoms with E-state index in [2.05, 4.69) is 43.0 Å². The van der Waals surface area contributed by atoms with Crippen molar-refractivity contribution < 1.29 is 0 Å². The molecule has 3 rings (SSSR count). The van der Waals surface area contributed by atoms with Crippen LogP contribution in [0.1, 0.15) is 32.3 Å². The minimum absolute atomic E-state index is 0.0750. The van der Waals surface area contributed by atoms with Gasteiger partial charge in [-0.15, -0.1) is 0 Å². The van der Waals surface area contributed by atoms with E-state index in [1.54, 1.807) is 0 Å². The Kier molecular flexibility index (Phi) is 2.44. The monoisotopic (exact) mass is 230 g/mol. The van der Waals surface area contributed by atoms with Crippen molar-refractivity contribution in [1.29, 1.82) is 0 Å². The average molecular weight is 230 g/mol. The molecule has 0 saturated heterocycles. The zero-order chi connectivity index (χ0) is 12.0. The van der Waals surface area contributed by atoms with Gasteiger partial charge in [-0.3, -0.25) is 0 Å². The Morgan fingerprint density at radius 3 is 2.59 bits per heavy atom.